The maximum absolute atomic E-state index is 9.25. The molecular weight excluding hydrogens is 172 g/mol. The Balaban J connectivity index is 0. The highest BCUT2D eigenvalue weighted by atomic mass is 35.5. The van der Waals surface area contributed by atoms with Crippen molar-refractivity contribution in [3.63, 3.8) is 0 Å². The van der Waals surface area contributed by atoms with Crippen LogP contribution in [0.2, 0.25) is 0 Å². The molecule has 0 spiro atoms. The van der Waals surface area contributed by atoms with Crippen molar-refractivity contribution in [2.75, 3.05) is 12.5 Å². The first kappa shape index (κ1) is 13.0. The Morgan fingerprint density at radius 1 is 1.73 bits per heavy atom. The third-order valence-corrected chi connectivity index (χ3v) is 0.920. The Morgan fingerprint density at radius 3 is 2.09 bits per heavy atom. The van der Waals surface area contributed by atoms with Gasteiger partial charge in [-0.3, -0.25) is 0 Å². The van der Waals surface area contributed by atoms with E-state index in [1.807, 2.05) is 0 Å². The molecule has 3 N–H and O–H groups in total. The second-order valence-electron chi connectivity index (χ2n) is 1.53. The second-order valence-corrected chi connectivity index (χ2v) is 1.84. The Hall–Kier alpha value is -0.580. The molecule has 0 aromatic heterocycles. The number of aliphatic carboxylic acids is 1. The Morgan fingerprint density at radius 2 is 2.09 bits per heavy atom. The van der Waals surface area contributed by atoms with Crippen LogP contribution in [0.15, 0.2) is 12.7 Å². The minimum absolute atomic E-state index is 0.108. The topological polar surface area (TPSA) is 77.8 Å². The van der Waals surface area contributed by atoms with Crippen LogP contribution < -0.4 is 0 Å². The molecule has 0 aromatic carbocycles. The number of halogens is 1. The summed E-state index contributed by atoms with van der Waals surface area (Å²) >= 11 is 5.04. The molecule has 0 aliphatic heterocycles. The van der Waals surface area contributed by atoms with E-state index in [-0.39, 0.29) is 12.5 Å². The predicted molar refractivity (Wildman–Crippen MR) is 41.6 cm³/mol. The molecular formula is C6H11ClO4. The number of carboxylic acid groups (broad SMARTS) is 1. The highest BCUT2D eigenvalue weighted by Gasteiger charge is 1.94. The molecule has 1 atom stereocenters. The minimum atomic E-state index is -0.981. The third-order valence-electron chi connectivity index (χ3n) is 0.563. The summed E-state index contributed by atoms with van der Waals surface area (Å²) in [6.45, 7) is 2.71. The first-order valence-corrected chi connectivity index (χ1v) is 3.32. The zero-order valence-electron chi connectivity index (χ0n) is 5.90. The highest BCUT2D eigenvalue weighted by Crippen LogP contribution is 1.81. The van der Waals surface area contributed by atoms with Crippen molar-refractivity contribution >= 4 is 17.6 Å². The smallest absolute Gasteiger partial charge is 0.327 e. The van der Waals surface area contributed by atoms with Crippen LogP contribution in [0.1, 0.15) is 0 Å². The average molecular weight is 183 g/mol. The average Bonchev–Trinajstić information content (AvgIpc) is 2.04. The molecule has 0 saturated heterocycles. The van der Waals surface area contributed by atoms with Gasteiger partial charge in [0.05, 0.1) is 18.6 Å². The van der Waals surface area contributed by atoms with E-state index in [0.717, 1.165) is 6.08 Å². The van der Waals surface area contributed by atoms with Crippen molar-refractivity contribution in [1.29, 1.82) is 0 Å². The van der Waals surface area contributed by atoms with Crippen molar-refractivity contribution in [1.82, 2.24) is 0 Å². The molecule has 0 fully saturated rings. The molecule has 0 aliphatic rings. The van der Waals surface area contributed by atoms with Crippen LogP contribution >= 0.6 is 11.6 Å². The van der Waals surface area contributed by atoms with E-state index < -0.39 is 12.1 Å². The zero-order valence-corrected chi connectivity index (χ0v) is 6.66. The SMILES string of the molecule is C=CC(=O)O.OCC(O)CCl. The molecule has 0 radical (unpaired) electrons. The Labute approximate surface area is 69.7 Å². The second kappa shape index (κ2) is 9.42. The van der Waals surface area contributed by atoms with Crippen LogP contribution in [0, 0.1) is 0 Å². The van der Waals surface area contributed by atoms with Crippen molar-refractivity contribution in [2.45, 2.75) is 6.10 Å². The quantitative estimate of drug-likeness (QED) is 0.419. The van der Waals surface area contributed by atoms with Crippen LogP contribution in [-0.4, -0.2) is 39.9 Å². The Kier molecular flexibility index (Phi) is 11.2. The van der Waals surface area contributed by atoms with Gasteiger partial charge in [-0.25, -0.2) is 4.79 Å². The first-order chi connectivity index (χ1) is 5.08. The van der Waals surface area contributed by atoms with Crippen LogP contribution in [0.4, 0.5) is 0 Å². The summed E-state index contributed by atoms with van der Waals surface area (Å²) in [6, 6.07) is 0. The maximum Gasteiger partial charge on any atom is 0.327 e. The molecule has 0 saturated carbocycles. The fourth-order valence-corrected chi connectivity index (χ4v) is 0.146. The van der Waals surface area contributed by atoms with E-state index in [9.17, 15) is 4.79 Å². The monoisotopic (exact) mass is 182 g/mol. The van der Waals surface area contributed by atoms with Gasteiger partial charge in [-0.2, -0.15) is 0 Å². The summed E-state index contributed by atoms with van der Waals surface area (Å²) in [5.41, 5.74) is 0. The lowest BCUT2D eigenvalue weighted by Gasteiger charge is -1.95. The van der Waals surface area contributed by atoms with Gasteiger partial charge in [-0.05, 0) is 0 Å². The van der Waals surface area contributed by atoms with Crippen molar-refractivity contribution in [2.24, 2.45) is 0 Å². The van der Waals surface area contributed by atoms with Crippen LogP contribution in [0.5, 0.6) is 0 Å². The van der Waals surface area contributed by atoms with E-state index in [1.54, 1.807) is 0 Å². The number of alkyl halides is 1. The number of hydrogen-bond donors (Lipinski definition) is 3. The highest BCUT2D eigenvalue weighted by molar-refractivity contribution is 6.18. The molecule has 0 amide bonds. The van der Waals surface area contributed by atoms with Gasteiger partial charge in [0.15, 0.2) is 0 Å². The molecule has 0 aliphatic carbocycles. The van der Waals surface area contributed by atoms with Gasteiger partial charge in [0.1, 0.15) is 0 Å². The lowest BCUT2D eigenvalue weighted by molar-refractivity contribution is -0.131. The summed E-state index contributed by atoms with van der Waals surface area (Å²) in [5.74, 6) is -0.874. The number of hydrogen-bond acceptors (Lipinski definition) is 3. The van der Waals surface area contributed by atoms with Crippen LogP contribution in [-0.2, 0) is 4.79 Å². The van der Waals surface area contributed by atoms with E-state index in [2.05, 4.69) is 6.58 Å². The molecule has 4 nitrogen and oxygen atoms in total. The third kappa shape index (κ3) is 17.7. The molecule has 0 heterocycles. The van der Waals surface area contributed by atoms with Crippen molar-refractivity contribution in [3.05, 3.63) is 12.7 Å². The lowest BCUT2D eigenvalue weighted by atomic mass is 10.5. The fraction of sp³-hybridized carbons (Fsp3) is 0.500. The lowest BCUT2D eigenvalue weighted by Crippen LogP contribution is -2.12. The zero-order chi connectivity index (χ0) is 9.28. The van der Waals surface area contributed by atoms with Gasteiger partial charge in [-0.1, -0.05) is 6.58 Å². The number of carbonyl (C=O) groups is 1. The van der Waals surface area contributed by atoms with Gasteiger partial charge in [0.25, 0.3) is 0 Å². The molecule has 66 valence electrons. The molecule has 5 heteroatoms. The van der Waals surface area contributed by atoms with Gasteiger partial charge < -0.3 is 15.3 Å². The summed E-state index contributed by atoms with van der Waals surface area (Å²) in [6.07, 6.45) is 0.0895. The van der Waals surface area contributed by atoms with E-state index in [1.165, 1.54) is 0 Å². The largest absolute Gasteiger partial charge is 0.478 e. The Bertz CT molecular complexity index is 111. The van der Waals surface area contributed by atoms with Gasteiger partial charge >= 0.3 is 5.97 Å². The number of aliphatic hydroxyl groups is 2. The summed E-state index contributed by atoms with van der Waals surface area (Å²) in [7, 11) is 0. The van der Waals surface area contributed by atoms with E-state index in [4.69, 9.17) is 26.9 Å². The maximum atomic E-state index is 9.25. The van der Waals surface area contributed by atoms with Crippen LogP contribution in [0.3, 0.4) is 0 Å². The predicted octanol–water partition coefficient (Wildman–Crippen LogP) is -0.165. The molecule has 0 rings (SSSR count). The summed E-state index contributed by atoms with van der Waals surface area (Å²) in [4.78, 5) is 9.25. The summed E-state index contributed by atoms with van der Waals surface area (Å²) in [5, 5.41) is 23.9. The first-order valence-electron chi connectivity index (χ1n) is 2.78. The minimum Gasteiger partial charge on any atom is -0.478 e. The van der Waals surface area contributed by atoms with Crippen molar-refractivity contribution in [3.8, 4) is 0 Å². The van der Waals surface area contributed by atoms with Gasteiger partial charge in [0.2, 0.25) is 0 Å². The fourth-order valence-electron chi connectivity index (χ4n) is 0.0488. The van der Waals surface area contributed by atoms with Crippen LogP contribution in [0.25, 0.3) is 0 Å². The standard InChI is InChI=1S/C3H7ClO2.C3H4O2/c4-1-3(6)2-5;1-2-3(4)5/h3,5-6H,1-2H2;2H,1H2,(H,4,5). The molecule has 0 bridgehead atoms. The van der Waals surface area contributed by atoms with E-state index in [0.29, 0.717) is 0 Å². The number of aliphatic hydroxyl groups excluding tert-OH is 2. The van der Waals surface area contributed by atoms with Crippen molar-refractivity contribution < 1.29 is 20.1 Å². The van der Waals surface area contributed by atoms with E-state index >= 15 is 0 Å². The molecule has 1 unspecified atom stereocenters. The summed E-state index contributed by atoms with van der Waals surface area (Å²) < 4.78 is 0. The normalized spacial score (nSPS) is 10.8. The van der Waals surface area contributed by atoms with Gasteiger partial charge in [0, 0.05) is 6.08 Å². The van der Waals surface area contributed by atoms with Gasteiger partial charge in [-0.15, -0.1) is 11.6 Å². The molecule has 0 aromatic rings. The number of rotatable bonds is 3. The number of carboxylic acids is 1. The molecule has 11 heavy (non-hydrogen) atoms.